The molecule has 0 radical (unpaired) electrons. The van der Waals surface area contributed by atoms with Crippen molar-refractivity contribution in [3.8, 4) is 16.9 Å². The fourth-order valence-corrected chi connectivity index (χ4v) is 5.83. The first-order chi connectivity index (χ1) is 19.5. The molecule has 0 bridgehead atoms. The first-order valence-electron chi connectivity index (χ1n) is 14.0. The van der Waals surface area contributed by atoms with Gasteiger partial charge in [-0.1, -0.05) is 44.2 Å². The summed E-state index contributed by atoms with van der Waals surface area (Å²) in [6, 6.07) is 15.7. The number of hydrogen-bond donors (Lipinski definition) is 0. The van der Waals surface area contributed by atoms with E-state index in [-0.39, 0.29) is 29.5 Å². The number of allylic oxidation sites excluding steroid dienone is 2. The number of methoxy groups -OCH3 is 1. The van der Waals surface area contributed by atoms with Gasteiger partial charge in [-0.3, -0.25) is 4.79 Å². The Morgan fingerprint density at radius 2 is 1.78 bits per heavy atom. The molecule has 0 N–H and O–H groups in total. The number of hydrogen-bond acceptors (Lipinski definition) is 3. The third-order valence-corrected chi connectivity index (χ3v) is 8.30. The van der Waals surface area contributed by atoms with E-state index in [1.54, 1.807) is 12.1 Å². The summed E-state index contributed by atoms with van der Waals surface area (Å²) in [5, 5.41) is 0. The Balaban J connectivity index is 1.45. The van der Waals surface area contributed by atoms with Gasteiger partial charge in [-0.25, -0.2) is 4.39 Å². The fraction of sp³-hybridized carbons (Fsp3) is 0.382. The third kappa shape index (κ3) is 6.50. The highest BCUT2D eigenvalue weighted by molar-refractivity contribution is 5.85. The monoisotopic (exact) mass is 566 g/mol. The van der Waals surface area contributed by atoms with Crippen molar-refractivity contribution < 1.29 is 31.8 Å². The van der Waals surface area contributed by atoms with E-state index in [4.69, 9.17) is 9.47 Å². The van der Waals surface area contributed by atoms with E-state index in [1.807, 2.05) is 30.3 Å². The quantitative estimate of drug-likeness (QED) is 0.191. The van der Waals surface area contributed by atoms with Gasteiger partial charge in [0.1, 0.15) is 18.2 Å². The van der Waals surface area contributed by atoms with Crippen molar-refractivity contribution in [2.45, 2.75) is 64.7 Å². The Kier molecular flexibility index (Phi) is 8.00. The van der Waals surface area contributed by atoms with E-state index in [2.05, 4.69) is 19.9 Å². The van der Waals surface area contributed by atoms with Gasteiger partial charge in [-0.2, -0.15) is 13.2 Å². The van der Waals surface area contributed by atoms with Gasteiger partial charge in [-0.15, -0.1) is 0 Å². The molecule has 0 heterocycles. The fourth-order valence-electron chi connectivity index (χ4n) is 5.83. The van der Waals surface area contributed by atoms with E-state index in [0.29, 0.717) is 29.2 Å². The van der Waals surface area contributed by atoms with Gasteiger partial charge < -0.3 is 9.47 Å². The van der Waals surface area contributed by atoms with Crippen LogP contribution in [0.3, 0.4) is 0 Å². The zero-order valence-electron chi connectivity index (χ0n) is 23.5. The summed E-state index contributed by atoms with van der Waals surface area (Å²) in [7, 11) is 1.40. The first-order valence-corrected chi connectivity index (χ1v) is 14.0. The first kappa shape index (κ1) is 28.9. The Bertz CT molecular complexity index is 1470. The SMILES string of the molecule is COC(=O)CC(c1cccc(OCc2ccc(-c3cc(C(F)(F)F)ccc3F)c(C3=CCCC3(C)C)c2)c1)C1CC1. The van der Waals surface area contributed by atoms with Crippen LogP contribution in [0.25, 0.3) is 16.7 Å². The number of esters is 1. The Morgan fingerprint density at radius 3 is 2.44 bits per heavy atom. The van der Waals surface area contributed by atoms with E-state index >= 15 is 0 Å². The molecule has 1 atom stereocenters. The summed E-state index contributed by atoms with van der Waals surface area (Å²) in [5.74, 6) is 0.262. The lowest BCUT2D eigenvalue weighted by atomic mass is 9.79. The van der Waals surface area contributed by atoms with E-state index in [1.165, 1.54) is 7.11 Å². The van der Waals surface area contributed by atoms with Crippen molar-refractivity contribution in [2.75, 3.05) is 7.11 Å². The second-order valence-electron chi connectivity index (χ2n) is 11.7. The predicted octanol–water partition coefficient (Wildman–Crippen LogP) is 9.35. The second-order valence-corrected chi connectivity index (χ2v) is 11.7. The topological polar surface area (TPSA) is 35.5 Å². The number of benzene rings is 3. The van der Waals surface area contributed by atoms with Gasteiger partial charge in [-0.05, 0) is 107 Å². The molecule has 1 fully saturated rings. The number of alkyl halides is 3. The van der Waals surface area contributed by atoms with Gasteiger partial charge in [0.15, 0.2) is 0 Å². The number of ether oxygens (including phenoxy) is 2. The molecular weight excluding hydrogens is 532 g/mol. The molecule has 1 unspecified atom stereocenters. The molecule has 0 aliphatic heterocycles. The van der Waals surface area contributed by atoms with Crippen LogP contribution in [0.2, 0.25) is 0 Å². The Hall–Kier alpha value is -3.61. The summed E-state index contributed by atoms with van der Waals surface area (Å²) in [5.41, 5.74) is 2.81. The lowest BCUT2D eigenvalue weighted by Crippen LogP contribution is -2.11. The van der Waals surface area contributed by atoms with Crippen LogP contribution in [0.1, 0.15) is 74.1 Å². The average molecular weight is 567 g/mol. The number of carbonyl (C=O) groups excluding carboxylic acids is 1. The Morgan fingerprint density at radius 1 is 1.00 bits per heavy atom. The van der Waals surface area contributed by atoms with Crippen LogP contribution in [-0.4, -0.2) is 13.1 Å². The van der Waals surface area contributed by atoms with Crippen molar-refractivity contribution in [3.63, 3.8) is 0 Å². The number of carbonyl (C=O) groups is 1. The van der Waals surface area contributed by atoms with Crippen molar-refractivity contribution in [1.82, 2.24) is 0 Å². The van der Waals surface area contributed by atoms with Crippen molar-refractivity contribution in [1.29, 1.82) is 0 Å². The predicted molar refractivity (Wildman–Crippen MR) is 151 cm³/mol. The van der Waals surface area contributed by atoms with E-state index < -0.39 is 17.6 Å². The maximum absolute atomic E-state index is 15.0. The minimum absolute atomic E-state index is 0.0738. The summed E-state index contributed by atoms with van der Waals surface area (Å²) in [6.07, 6.45) is 1.75. The molecule has 0 spiro atoms. The molecule has 41 heavy (non-hydrogen) atoms. The maximum Gasteiger partial charge on any atom is 0.416 e. The van der Waals surface area contributed by atoms with Crippen LogP contribution in [0.15, 0.2) is 66.7 Å². The summed E-state index contributed by atoms with van der Waals surface area (Å²) in [6.45, 7) is 4.41. The molecule has 3 nitrogen and oxygen atoms in total. The van der Waals surface area contributed by atoms with Crippen molar-refractivity contribution in [3.05, 3.63) is 94.8 Å². The molecule has 3 aromatic rings. The number of halogens is 4. The molecule has 3 aromatic carbocycles. The average Bonchev–Trinajstić information content (AvgIpc) is 3.71. The van der Waals surface area contributed by atoms with Crippen molar-refractivity contribution in [2.24, 2.45) is 11.3 Å². The Labute approximate surface area is 238 Å². The summed E-state index contributed by atoms with van der Waals surface area (Å²) < 4.78 is 66.6. The number of rotatable bonds is 9. The largest absolute Gasteiger partial charge is 0.489 e. The standard InChI is InChI=1S/C34H34F4O3/c1-33(2)15-5-8-30(33)28-16-21(9-13-26(28)29-18-24(34(36,37)38)12-14-31(29)35)20-41-25-7-4-6-23(17-25)27(22-10-11-22)19-32(39)40-3/h4,6-9,12-14,16-18,22,27H,5,10-11,15,19-20H2,1-3H3. The smallest absolute Gasteiger partial charge is 0.416 e. The van der Waals surface area contributed by atoms with Crippen LogP contribution in [0.4, 0.5) is 17.6 Å². The molecular formula is C34H34F4O3. The normalized spacial score (nSPS) is 17.2. The van der Waals surface area contributed by atoms with Gasteiger partial charge >= 0.3 is 12.1 Å². The van der Waals surface area contributed by atoms with E-state index in [9.17, 15) is 22.4 Å². The molecule has 0 aromatic heterocycles. The molecule has 0 saturated heterocycles. The van der Waals surface area contributed by atoms with Crippen LogP contribution in [0, 0.1) is 17.2 Å². The zero-order chi connectivity index (χ0) is 29.4. The van der Waals surface area contributed by atoms with Gasteiger partial charge in [0.2, 0.25) is 0 Å². The second kappa shape index (κ2) is 11.3. The molecule has 1 saturated carbocycles. The van der Waals surface area contributed by atoms with E-state index in [0.717, 1.165) is 60.6 Å². The zero-order valence-corrected chi connectivity index (χ0v) is 23.5. The summed E-state index contributed by atoms with van der Waals surface area (Å²) >= 11 is 0. The highest BCUT2D eigenvalue weighted by atomic mass is 19.4. The molecule has 2 aliphatic carbocycles. The van der Waals surface area contributed by atoms with Crippen LogP contribution in [-0.2, 0) is 22.3 Å². The lowest BCUT2D eigenvalue weighted by Gasteiger charge is -2.26. The van der Waals surface area contributed by atoms with Gasteiger partial charge in [0.05, 0.1) is 19.1 Å². The molecule has 7 heteroatoms. The third-order valence-electron chi connectivity index (χ3n) is 8.30. The van der Waals surface area contributed by atoms with Crippen LogP contribution in [0.5, 0.6) is 5.75 Å². The molecule has 2 aliphatic rings. The highest BCUT2D eigenvalue weighted by Crippen LogP contribution is 2.48. The van der Waals surface area contributed by atoms with Crippen LogP contribution >= 0.6 is 0 Å². The van der Waals surface area contributed by atoms with Crippen molar-refractivity contribution >= 4 is 11.5 Å². The lowest BCUT2D eigenvalue weighted by molar-refractivity contribution is -0.141. The molecule has 0 amide bonds. The van der Waals surface area contributed by atoms with Crippen LogP contribution < -0.4 is 4.74 Å². The highest BCUT2D eigenvalue weighted by Gasteiger charge is 2.35. The molecule has 5 rings (SSSR count). The molecule has 216 valence electrons. The summed E-state index contributed by atoms with van der Waals surface area (Å²) in [4.78, 5) is 12.0. The van der Waals surface area contributed by atoms with Gasteiger partial charge in [0, 0.05) is 5.56 Å². The maximum atomic E-state index is 15.0. The van der Waals surface area contributed by atoms with Gasteiger partial charge in [0.25, 0.3) is 0 Å². The minimum Gasteiger partial charge on any atom is -0.489 e. The minimum atomic E-state index is -4.58.